The number of nitrogens with zero attached hydrogens (tertiary/aromatic N) is 7. The summed E-state index contributed by atoms with van der Waals surface area (Å²) in [7, 11) is 3.90. The zero-order valence-corrected chi connectivity index (χ0v) is 24.0. The summed E-state index contributed by atoms with van der Waals surface area (Å²) in [4.78, 5) is 32.4. The van der Waals surface area contributed by atoms with E-state index in [4.69, 9.17) is 14.7 Å². The quantitative estimate of drug-likeness (QED) is 0.456. The highest BCUT2D eigenvalue weighted by Gasteiger charge is 2.28. The molecule has 6 rings (SSSR count). The van der Waals surface area contributed by atoms with Crippen LogP contribution < -0.4 is 10.9 Å². The first-order chi connectivity index (χ1) is 19.8. The highest BCUT2D eigenvalue weighted by Crippen LogP contribution is 2.28. The summed E-state index contributed by atoms with van der Waals surface area (Å²) in [6, 6.07) is 5.80. The number of fused-ring (bicyclic) bond motifs is 6. The number of aliphatic hydroxyl groups is 1. The Labute approximate surface area is 239 Å². The van der Waals surface area contributed by atoms with Crippen molar-refractivity contribution in [3.8, 4) is 5.82 Å². The van der Waals surface area contributed by atoms with Gasteiger partial charge in [-0.1, -0.05) is 24.3 Å². The van der Waals surface area contributed by atoms with E-state index in [0.717, 1.165) is 38.3 Å². The van der Waals surface area contributed by atoms with Gasteiger partial charge in [-0.05, 0) is 57.0 Å². The van der Waals surface area contributed by atoms with Gasteiger partial charge in [0.05, 0.1) is 18.8 Å². The first-order valence-electron chi connectivity index (χ1n) is 14.3. The average Bonchev–Trinajstić information content (AvgIpc) is 3.23. The number of likely N-dealkylation sites (N-methyl/N-ethyl adjacent to an activating group) is 1. The maximum Gasteiger partial charge on any atom is 0.278 e. The van der Waals surface area contributed by atoms with Crippen LogP contribution in [-0.2, 0) is 16.9 Å². The molecular formula is C30H38N8O3. The Balaban J connectivity index is 1.35. The van der Waals surface area contributed by atoms with Gasteiger partial charge in [-0.3, -0.25) is 9.69 Å². The van der Waals surface area contributed by atoms with Gasteiger partial charge in [-0.25, -0.2) is 19.3 Å². The lowest BCUT2D eigenvalue weighted by Crippen LogP contribution is -2.50. The maximum absolute atomic E-state index is 13.5. The third-order valence-electron chi connectivity index (χ3n) is 8.30. The Morgan fingerprint density at radius 2 is 2.00 bits per heavy atom. The van der Waals surface area contributed by atoms with E-state index in [-0.39, 0.29) is 5.56 Å². The van der Waals surface area contributed by atoms with Crippen molar-refractivity contribution in [3.05, 3.63) is 76.0 Å². The second-order valence-electron chi connectivity index (χ2n) is 11.3. The van der Waals surface area contributed by atoms with Crippen molar-refractivity contribution in [3.63, 3.8) is 0 Å². The first-order valence-corrected chi connectivity index (χ1v) is 14.3. The number of piperazine rings is 1. The summed E-state index contributed by atoms with van der Waals surface area (Å²) in [6.45, 7) is 6.87. The highest BCUT2D eigenvalue weighted by atomic mass is 16.5. The van der Waals surface area contributed by atoms with E-state index in [1.54, 1.807) is 29.6 Å². The number of allylic oxidation sites excluding steroid dienone is 3. The van der Waals surface area contributed by atoms with Gasteiger partial charge in [-0.2, -0.15) is 4.98 Å². The fraction of sp³-hybridized carbons (Fsp3) is 0.467. The molecule has 0 radical (unpaired) electrons. The van der Waals surface area contributed by atoms with Crippen LogP contribution in [0.2, 0.25) is 0 Å². The Kier molecular flexibility index (Phi) is 7.60. The number of pyridine rings is 1. The minimum Gasteiger partial charge on any atom is -0.384 e. The lowest BCUT2D eigenvalue weighted by atomic mass is 9.95. The molecule has 11 heteroatoms. The summed E-state index contributed by atoms with van der Waals surface area (Å²) in [5.74, 6) is 0.910. The van der Waals surface area contributed by atoms with E-state index in [9.17, 15) is 9.90 Å². The number of hydrogen-bond acceptors (Lipinski definition) is 9. The normalized spacial score (nSPS) is 24.7. The second-order valence-corrected chi connectivity index (χ2v) is 11.3. The van der Waals surface area contributed by atoms with Crippen LogP contribution in [0.1, 0.15) is 31.9 Å². The molecular weight excluding hydrogens is 520 g/mol. The van der Waals surface area contributed by atoms with Gasteiger partial charge in [0.2, 0.25) is 5.95 Å². The summed E-state index contributed by atoms with van der Waals surface area (Å²) >= 11 is 0. The van der Waals surface area contributed by atoms with Gasteiger partial charge in [0.15, 0.2) is 11.5 Å². The Bertz CT molecular complexity index is 1580. The minimum absolute atomic E-state index is 0.191. The Hall–Kier alpha value is -3.64. The number of nitrogens with one attached hydrogen (secondary N) is 1. The number of aromatic nitrogens is 5. The molecule has 1 fully saturated rings. The molecule has 1 aliphatic carbocycles. The van der Waals surface area contributed by atoms with E-state index in [1.165, 1.54) is 5.57 Å². The molecule has 2 bridgehead atoms. The van der Waals surface area contributed by atoms with Crippen LogP contribution in [0.5, 0.6) is 0 Å². The molecule has 0 amide bonds. The van der Waals surface area contributed by atoms with E-state index in [2.05, 4.69) is 39.3 Å². The van der Waals surface area contributed by atoms with Gasteiger partial charge in [0.25, 0.3) is 5.56 Å². The minimum atomic E-state index is -1.10. The smallest absolute Gasteiger partial charge is 0.278 e. The molecule has 3 aromatic rings. The molecule has 216 valence electrons. The van der Waals surface area contributed by atoms with E-state index >= 15 is 0 Å². The Morgan fingerprint density at radius 1 is 1.17 bits per heavy atom. The van der Waals surface area contributed by atoms with Gasteiger partial charge in [-0.15, -0.1) is 0 Å². The zero-order valence-electron chi connectivity index (χ0n) is 24.0. The predicted octanol–water partition coefficient (Wildman–Crippen LogP) is 2.42. The molecule has 2 aliphatic heterocycles. The van der Waals surface area contributed by atoms with Gasteiger partial charge < -0.3 is 20.1 Å². The molecule has 3 aromatic heterocycles. The van der Waals surface area contributed by atoms with Crippen molar-refractivity contribution in [1.82, 2.24) is 34.1 Å². The molecule has 2 N–H and O–H groups in total. The van der Waals surface area contributed by atoms with Crippen LogP contribution in [0, 0.1) is 0 Å². The van der Waals surface area contributed by atoms with Crippen LogP contribution in [0.25, 0.3) is 16.9 Å². The summed E-state index contributed by atoms with van der Waals surface area (Å²) < 4.78 is 8.91. The highest BCUT2D eigenvalue weighted by molar-refractivity contribution is 5.76. The maximum atomic E-state index is 13.5. The summed E-state index contributed by atoms with van der Waals surface area (Å²) in [6.07, 6.45) is 11.9. The lowest BCUT2D eigenvalue weighted by molar-refractivity contribution is 0.0443. The van der Waals surface area contributed by atoms with Crippen LogP contribution in [-0.4, -0.2) is 92.2 Å². The Morgan fingerprint density at radius 3 is 2.80 bits per heavy atom. The largest absolute Gasteiger partial charge is 0.384 e. The van der Waals surface area contributed by atoms with Crippen molar-refractivity contribution in [2.75, 3.05) is 52.3 Å². The fourth-order valence-corrected chi connectivity index (χ4v) is 5.89. The number of anilines is 1. The molecule has 1 unspecified atom stereocenters. The molecule has 0 saturated carbocycles. The van der Waals surface area contributed by atoms with E-state index in [0.29, 0.717) is 60.5 Å². The summed E-state index contributed by atoms with van der Waals surface area (Å²) in [5, 5.41) is 14.9. The molecule has 0 aromatic carbocycles. The zero-order chi connectivity index (χ0) is 28.6. The molecule has 3 aliphatic rings. The fourth-order valence-electron chi connectivity index (χ4n) is 5.89. The van der Waals surface area contributed by atoms with Gasteiger partial charge in [0, 0.05) is 51.2 Å². The van der Waals surface area contributed by atoms with E-state index in [1.807, 2.05) is 30.4 Å². The molecule has 1 saturated heterocycles. The van der Waals surface area contributed by atoms with Crippen LogP contribution in [0.3, 0.4) is 0 Å². The first kappa shape index (κ1) is 27.5. The van der Waals surface area contributed by atoms with Crippen LogP contribution in [0.4, 0.5) is 5.95 Å². The molecule has 0 spiro atoms. The predicted molar refractivity (Wildman–Crippen MR) is 158 cm³/mol. The van der Waals surface area contributed by atoms with Crippen molar-refractivity contribution in [1.29, 1.82) is 0 Å². The van der Waals surface area contributed by atoms with Crippen LogP contribution in [0.15, 0.2) is 64.8 Å². The second kappa shape index (κ2) is 11.3. The topological polar surface area (TPSA) is 114 Å². The van der Waals surface area contributed by atoms with Crippen LogP contribution >= 0.6 is 0 Å². The molecule has 5 heterocycles. The van der Waals surface area contributed by atoms with Crippen molar-refractivity contribution in [2.45, 2.75) is 44.4 Å². The molecule has 41 heavy (non-hydrogen) atoms. The number of hydrogen-bond donors (Lipinski definition) is 2. The van der Waals surface area contributed by atoms with Gasteiger partial charge in [0.1, 0.15) is 11.0 Å². The molecule has 11 nitrogen and oxygen atoms in total. The van der Waals surface area contributed by atoms with Crippen molar-refractivity contribution >= 4 is 17.0 Å². The number of rotatable bonds is 5. The summed E-state index contributed by atoms with van der Waals surface area (Å²) in [5.41, 5.74) is 1.84. The monoisotopic (exact) mass is 558 g/mol. The van der Waals surface area contributed by atoms with E-state index < -0.39 is 5.60 Å². The lowest BCUT2D eigenvalue weighted by Gasteiger charge is -2.39. The third-order valence-corrected chi connectivity index (χ3v) is 8.30. The number of ether oxygens (including phenoxy) is 1. The third kappa shape index (κ3) is 5.50. The number of methoxy groups -OCH3 is 1. The van der Waals surface area contributed by atoms with Gasteiger partial charge >= 0.3 is 0 Å². The van der Waals surface area contributed by atoms with Crippen molar-refractivity contribution in [2.24, 2.45) is 0 Å². The molecule has 2 atom stereocenters. The average molecular weight is 559 g/mol. The SMILES string of the molecule is COCC1=CC(Nc2ncc3c(=O)n4n(c3n2)-c2cccc(n2)[C@@](C)(O)CC/C=C\C4)=CCC1N1CCN(C)CC1. The standard InChI is InChI=1S/C30H38N8O3/c1-30(40)12-5-4-6-13-37-28(39)23-19-31-29(34-27(23)38(37)26-9-7-8-25(30)33-26)32-22-10-11-24(21(18-22)20-41-3)36-16-14-35(2)15-17-36/h4,6-10,18-19,24,40H,5,11-17,20H2,1-3H3,(H,31,32,34)/b6-4-/t24?,30-/m0/s1. The van der Waals surface area contributed by atoms with Crippen molar-refractivity contribution < 1.29 is 9.84 Å².